The van der Waals surface area contributed by atoms with Crippen molar-refractivity contribution < 1.29 is 14.1 Å². The van der Waals surface area contributed by atoms with Gasteiger partial charge >= 0.3 is 0 Å². The van der Waals surface area contributed by atoms with Crippen LogP contribution in [-0.2, 0) is 21.7 Å². The number of hydrogen-bond acceptors (Lipinski definition) is 6. The minimum absolute atomic E-state index is 0.0904. The van der Waals surface area contributed by atoms with Gasteiger partial charge in [-0.2, -0.15) is 4.98 Å². The van der Waals surface area contributed by atoms with Crippen LogP contribution in [0.5, 0.6) is 0 Å². The average Bonchev–Trinajstić information content (AvgIpc) is 2.88. The monoisotopic (exact) mass is 268 g/mol. The van der Waals surface area contributed by atoms with Crippen LogP contribution < -0.4 is 11.1 Å². The van der Waals surface area contributed by atoms with Gasteiger partial charge in [-0.3, -0.25) is 10.1 Å². The summed E-state index contributed by atoms with van der Waals surface area (Å²) in [6.45, 7) is 0.420. The maximum absolute atomic E-state index is 10.6. The van der Waals surface area contributed by atoms with Crippen molar-refractivity contribution in [3.05, 3.63) is 11.7 Å². The van der Waals surface area contributed by atoms with Crippen molar-refractivity contribution in [2.45, 2.75) is 44.2 Å². The molecule has 0 saturated heterocycles. The molecule has 7 heteroatoms. The van der Waals surface area contributed by atoms with E-state index in [4.69, 9.17) is 15.0 Å². The van der Waals surface area contributed by atoms with Crippen LogP contribution >= 0.6 is 0 Å². The highest BCUT2D eigenvalue weighted by Gasteiger charge is 2.38. The molecule has 0 bridgehead atoms. The smallest absolute Gasteiger partial charge is 0.240 e. The standard InChI is InChI=1S/C12H20N4O3/c1-18-12(5-3-2-4-6-12)11-15-10(19-16-11)8-14-7-9(13)17/h14H,2-8H2,1H3,(H2,13,17). The molecule has 0 spiro atoms. The topological polar surface area (TPSA) is 103 Å². The molecule has 1 heterocycles. The van der Waals surface area contributed by atoms with E-state index in [0.29, 0.717) is 18.3 Å². The third-order valence-corrected chi connectivity index (χ3v) is 3.50. The molecule has 0 atom stereocenters. The number of primary amides is 1. The van der Waals surface area contributed by atoms with Crippen molar-refractivity contribution in [2.75, 3.05) is 13.7 Å². The lowest BCUT2D eigenvalue weighted by atomic mass is 9.84. The molecule has 7 nitrogen and oxygen atoms in total. The molecule has 0 radical (unpaired) electrons. The SMILES string of the molecule is COC1(c2noc(CNCC(N)=O)n2)CCCCC1. The number of aromatic nitrogens is 2. The van der Waals surface area contributed by atoms with Crippen LogP contribution in [-0.4, -0.2) is 29.7 Å². The summed E-state index contributed by atoms with van der Waals surface area (Å²) in [5.74, 6) is 0.629. The largest absolute Gasteiger partial charge is 0.370 e. The van der Waals surface area contributed by atoms with Gasteiger partial charge in [-0.25, -0.2) is 0 Å². The summed E-state index contributed by atoms with van der Waals surface area (Å²) in [6, 6.07) is 0. The molecular formula is C12H20N4O3. The first kappa shape index (κ1) is 14.0. The predicted molar refractivity (Wildman–Crippen MR) is 67.0 cm³/mol. The van der Waals surface area contributed by atoms with Crippen molar-refractivity contribution in [2.24, 2.45) is 5.73 Å². The number of ether oxygens (including phenoxy) is 1. The van der Waals surface area contributed by atoms with Crippen molar-refractivity contribution in [1.29, 1.82) is 0 Å². The molecule has 1 saturated carbocycles. The molecule has 1 aliphatic carbocycles. The third-order valence-electron chi connectivity index (χ3n) is 3.50. The van der Waals surface area contributed by atoms with Crippen molar-refractivity contribution in [3.8, 4) is 0 Å². The summed E-state index contributed by atoms with van der Waals surface area (Å²) >= 11 is 0. The number of nitrogens with zero attached hydrogens (tertiary/aromatic N) is 2. The van der Waals surface area contributed by atoms with E-state index in [-0.39, 0.29) is 6.54 Å². The number of nitrogens with two attached hydrogens (primary N) is 1. The Hall–Kier alpha value is -1.47. The average molecular weight is 268 g/mol. The second-order valence-electron chi connectivity index (χ2n) is 4.84. The maximum Gasteiger partial charge on any atom is 0.240 e. The molecule has 0 aliphatic heterocycles. The van der Waals surface area contributed by atoms with Crippen molar-refractivity contribution >= 4 is 5.91 Å². The molecule has 1 amide bonds. The zero-order valence-corrected chi connectivity index (χ0v) is 11.1. The molecule has 2 rings (SSSR count). The Morgan fingerprint density at radius 2 is 2.21 bits per heavy atom. The predicted octanol–water partition coefficient (Wildman–Crippen LogP) is 0.450. The molecule has 0 unspecified atom stereocenters. The molecule has 106 valence electrons. The molecular weight excluding hydrogens is 248 g/mol. The number of carbonyl (C=O) groups excluding carboxylic acids is 1. The minimum Gasteiger partial charge on any atom is -0.370 e. The van der Waals surface area contributed by atoms with Crippen LogP contribution in [0.4, 0.5) is 0 Å². The Kier molecular flexibility index (Phi) is 4.49. The lowest BCUT2D eigenvalue weighted by Gasteiger charge is -2.32. The van der Waals surface area contributed by atoms with Crippen LogP contribution in [0.3, 0.4) is 0 Å². The second kappa shape index (κ2) is 6.12. The summed E-state index contributed by atoms with van der Waals surface area (Å²) in [5, 5.41) is 6.85. The Morgan fingerprint density at radius 3 is 2.84 bits per heavy atom. The van der Waals surface area contributed by atoms with E-state index in [1.807, 2.05) is 0 Å². The lowest BCUT2D eigenvalue weighted by Crippen LogP contribution is -2.32. The van der Waals surface area contributed by atoms with E-state index in [0.717, 1.165) is 25.7 Å². The fraction of sp³-hybridized carbons (Fsp3) is 0.750. The number of methoxy groups -OCH3 is 1. The van der Waals surface area contributed by atoms with Crippen molar-refractivity contribution in [1.82, 2.24) is 15.5 Å². The van der Waals surface area contributed by atoms with E-state index >= 15 is 0 Å². The Labute approximate surface area is 111 Å². The Balaban J connectivity index is 2.00. The number of rotatable bonds is 6. The molecule has 19 heavy (non-hydrogen) atoms. The summed E-state index contributed by atoms with van der Waals surface area (Å²) in [5.41, 5.74) is 4.62. The number of amides is 1. The van der Waals surface area contributed by atoms with Gasteiger partial charge in [0.05, 0.1) is 13.1 Å². The highest BCUT2D eigenvalue weighted by atomic mass is 16.5. The lowest BCUT2D eigenvalue weighted by molar-refractivity contribution is -0.117. The van der Waals surface area contributed by atoms with E-state index < -0.39 is 11.5 Å². The van der Waals surface area contributed by atoms with Crippen LogP contribution in [0.15, 0.2) is 4.52 Å². The Bertz CT molecular complexity index is 426. The summed E-state index contributed by atoms with van der Waals surface area (Å²) in [7, 11) is 1.69. The normalized spacial score (nSPS) is 18.4. The molecule has 0 aromatic carbocycles. The van der Waals surface area contributed by atoms with E-state index in [1.54, 1.807) is 7.11 Å². The van der Waals surface area contributed by atoms with E-state index in [9.17, 15) is 4.79 Å². The van der Waals surface area contributed by atoms with Crippen LogP contribution in [0.25, 0.3) is 0 Å². The maximum atomic E-state index is 10.6. The van der Waals surface area contributed by atoms with Gasteiger partial charge in [-0.15, -0.1) is 0 Å². The van der Waals surface area contributed by atoms with Crippen LogP contribution in [0.1, 0.15) is 43.8 Å². The quantitative estimate of drug-likeness (QED) is 0.776. The van der Waals surface area contributed by atoms with Gasteiger partial charge < -0.3 is 15.0 Å². The van der Waals surface area contributed by atoms with E-state index in [1.165, 1.54) is 6.42 Å². The van der Waals surface area contributed by atoms with Crippen molar-refractivity contribution in [3.63, 3.8) is 0 Å². The molecule has 1 aromatic heterocycles. The van der Waals surface area contributed by atoms with Crippen LogP contribution in [0, 0.1) is 0 Å². The first-order valence-corrected chi connectivity index (χ1v) is 6.53. The zero-order chi connectivity index (χ0) is 13.7. The fourth-order valence-corrected chi connectivity index (χ4v) is 2.45. The number of carbonyl (C=O) groups is 1. The highest BCUT2D eigenvalue weighted by Crippen LogP contribution is 2.38. The number of nitrogens with one attached hydrogen (secondary N) is 1. The van der Waals surface area contributed by atoms with Gasteiger partial charge in [0.2, 0.25) is 17.6 Å². The fourth-order valence-electron chi connectivity index (χ4n) is 2.45. The first-order chi connectivity index (χ1) is 9.16. The van der Waals surface area contributed by atoms with Gasteiger partial charge in [0.15, 0.2) is 0 Å². The summed E-state index contributed by atoms with van der Waals surface area (Å²) in [4.78, 5) is 15.0. The zero-order valence-electron chi connectivity index (χ0n) is 11.1. The minimum atomic E-state index is -0.416. The molecule has 1 fully saturated rings. The second-order valence-corrected chi connectivity index (χ2v) is 4.84. The Morgan fingerprint density at radius 1 is 1.47 bits per heavy atom. The summed E-state index contributed by atoms with van der Waals surface area (Å²) < 4.78 is 10.8. The molecule has 1 aliphatic rings. The summed E-state index contributed by atoms with van der Waals surface area (Å²) in [6.07, 6.45) is 5.26. The first-order valence-electron chi connectivity index (χ1n) is 6.53. The van der Waals surface area contributed by atoms with Crippen LogP contribution in [0.2, 0.25) is 0 Å². The van der Waals surface area contributed by atoms with Gasteiger partial charge in [0.1, 0.15) is 5.60 Å². The van der Waals surface area contributed by atoms with Gasteiger partial charge in [0, 0.05) is 7.11 Å². The molecule has 3 N–H and O–H groups in total. The van der Waals surface area contributed by atoms with Gasteiger partial charge in [0.25, 0.3) is 0 Å². The molecule has 1 aromatic rings. The third kappa shape index (κ3) is 3.30. The van der Waals surface area contributed by atoms with Gasteiger partial charge in [-0.05, 0) is 12.8 Å². The highest BCUT2D eigenvalue weighted by molar-refractivity contribution is 5.75. The van der Waals surface area contributed by atoms with E-state index in [2.05, 4.69) is 15.5 Å². The number of hydrogen-bond donors (Lipinski definition) is 2. The van der Waals surface area contributed by atoms with Gasteiger partial charge in [-0.1, -0.05) is 24.4 Å².